The van der Waals surface area contributed by atoms with Gasteiger partial charge < -0.3 is 24.8 Å². The van der Waals surface area contributed by atoms with E-state index in [1.807, 2.05) is 0 Å². The summed E-state index contributed by atoms with van der Waals surface area (Å²) in [6.45, 7) is 0.168. The van der Waals surface area contributed by atoms with Crippen molar-refractivity contribution in [2.75, 3.05) is 13.2 Å². The quantitative estimate of drug-likeness (QED) is 0.294. The summed E-state index contributed by atoms with van der Waals surface area (Å²) < 4.78 is 10.5. The maximum atomic E-state index is 12.0. The molecule has 1 aliphatic carbocycles. The van der Waals surface area contributed by atoms with Crippen molar-refractivity contribution in [2.24, 2.45) is 5.92 Å². The van der Waals surface area contributed by atoms with Gasteiger partial charge in [0.05, 0.1) is 12.5 Å². The molecule has 1 aliphatic rings. The highest BCUT2D eigenvalue weighted by atomic mass is 16.5. The van der Waals surface area contributed by atoms with Crippen LogP contribution in [-0.2, 0) is 19.1 Å². The second kappa shape index (κ2) is 9.82. The highest BCUT2D eigenvalue weighted by Crippen LogP contribution is 2.28. The third-order valence-corrected chi connectivity index (χ3v) is 4.20. The van der Waals surface area contributed by atoms with Crippen LogP contribution in [-0.4, -0.2) is 46.6 Å². The zero-order valence-electron chi connectivity index (χ0n) is 14.5. The predicted octanol–water partition coefficient (Wildman–Crippen LogP) is 2.14. The van der Waals surface area contributed by atoms with Gasteiger partial charge in [0.15, 0.2) is 11.5 Å². The molecule has 2 rings (SSSR count). The molecular weight excluding hydrogens is 340 g/mol. The number of ether oxygens (including phenoxy) is 2. The number of hydrogen-bond donors (Lipinski definition) is 3. The van der Waals surface area contributed by atoms with Crippen LogP contribution in [0.3, 0.4) is 0 Å². The Hall–Kier alpha value is -2.54. The first-order valence-electron chi connectivity index (χ1n) is 8.67. The lowest BCUT2D eigenvalue weighted by Crippen LogP contribution is -2.30. The number of carbonyl (C=O) groups excluding carboxylic acids is 2. The maximum Gasteiger partial charge on any atom is 0.331 e. The van der Waals surface area contributed by atoms with Crippen molar-refractivity contribution in [1.29, 1.82) is 0 Å². The van der Waals surface area contributed by atoms with Gasteiger partial charge in [0.2, 0.25) is 0 Å². The smallest absolute Gasteiger partial charge is 0.331 e. The summed E-state index contributed by atoms with van der Waals surface area (Å²) in [5.74, 6) is -1.64. The van der Waals surface area contributed by atoms with Crippen molar-refractivity contribution in [3.8, 4) is 11.5 Å². The first-order chi connectivity index (χ1) is 12.5. The lowest BCUT2D eigenvalue weighted by molar-refractivity contribution is -0.156. The summed E-state index contributed by atoms with van der Waals surface area (Å²) in [6.07, 6.45) is 5.39. The molecule has 142 valence electrons. The molecule has 0 aromatic heterocycles. The highest BCUT2D eigenvalue weighted by molar-refractivity contribution is 5.87. The number of aliphatic hydroxyl groups excluding tert-OH is 1. The van der Waals surface area contributed by atoms with E-state index in [1.54, 1.807) is 6.07 Å². The van der Waals surface area contributed by atoms with Gasteiger partial charge in [-0.2, -0.15) is 0 Å². The molecule has 7 nitrogen and oxygen atoms in total. The van der Waals surface area contributed by atoms with E-state index in [-0.39, 0.29) is 42.7 Å². The molecule has 26 heavy (non-hydrogen) atoms. The third-order valence-electron chi connectivity index (χ3n) is 4.20. The van der Waals surface area contributed by atoms with E-state index >= 15 is 0 Å². The fraction of sp³-hybridized carbons (Fsp3) is 0.474. The second-order valence-electron chi connectivity index (χ2n) is 6.25. The minimum absolute atomic E-state index is 0.0245. The molecular formula is C19H24O7. The molecule has 0 saturated heterocycles. The van der Waals surface area contributed by atoms with Crippen molar-refractivity contribution in [2.45, 2.75) is 38.2 Å². The second-order valence-corrected chi connectivity index (χ2v) is 6.25. The molecule has 1 aromatic carbocycles. The number of carbonyl (C=O) groups is 2. The van der Waals surface area contributed by atoms with Gasteiger partial charge in [-0.1, -0.05) is 6.07 Å². The zero-order chi connectivity index (χ0) is 18.9. The number of rotatable bonds is 7. The number of aliphatic hydroxyl groups is 1. The van der Waals surface area contributed by atoms with E-state index in [0.29, 0.717) is 31.2 Å². The van der Waals surface area contributed by atoms with Crippen LogP contribution in [0.15, 0.2) is 24.3 Å². The molecule has 0 amide bonds. The van der Waals surface area contributed by atoms with Crippen LogP contribution in [0.4, 0.5) is 0 Å². The Balaban J connectivity index is 1.83. The fourth-order valence-electron chi connectivity index (χ4n) is 2.83. The van der Waals surface area contributed by atoms with E-state index in [4.69, 9.17) is 14.6 Å². The Bertz CT molecular complexity index is 653. The van der Waals surface area contributed by atoms with Crippen LogP contribution in [0.25, 0.3) is 6.08 Å². The molecule has 0 radical (unpaired) electrons. The van der Waals surface area contributed by atoms with Crippen molar-refractivity contribution >= 4 is 18.0 Å². The van der Waals surface area contributed by atoms with Crippen LogP contribution < -0.4 is 0 Å². The molecule has 1 fully saturated rings. The molecule has 2 atom stereocenters. The Labute approximate surface area is 151 Å². The summed E-state index contributed by atoms with van der Waals surface area (Å²) in [7, 11) is 0. The van der Waals surface area contributed by atoms with Crippen molar-refractivity contribution in [3.05, 3.63) is 29.8 Å². The first kappa shape index (κ1) is 19.8. The van der Waals surface area contributed by atoms with E-state index in [1.165, 1.54) is 24.3 Å². The van der Waals surface area contributed by atoms with Crippen molar-refractivity contribution < 1.29 is 34.4 Å². The summed E-state index contributed by atoms with van der Waals surface area (Å²) in [4.78, 5) is 23.9. The predicted molar refractivity (Wildman–Crippen MR) is 93.3 cm³/mol. The standard InChI is InChI=1S/C19H24O7/c20-9-2-10-25-19(24)14-3-1-4-15(12-14)26-18(23)8-6-13-5-7-16(21)17(22)11-13/h5-8,11,14-15,20-22H,1-4,9-10,12H2/b8-6+. The Morgan fingerprint density at radius 2 is 2.00 bits per heavy atom. The van der Waals surface area contributed by atoms with Crippen LogP contribution in [0, 0.1) is 5.92 Å². The molecule has 1 aromatic rings. The van der Waals surface area contributed by atoms with Gasteiger partial charge in [-0.05, 0) is 49.5 Å². The zero-order valence-corrected chi connectivity index (χ0v) is 14.5. The van der Waals surface area contributed by atoms with Gasteiger partial charge >= 0.3 is 11.9 Å². The molecule has 0 heterocycles. The Morgan fingerprint density at radius 1 is 1.19 bits per heavy atom. The normalized spacial score (nSPS) is 20.0. The molecule has 2 unspecified atom stereocenters. The van der Waals surface area contributed by atoms with Crippen LogP contribution in [0.2, 0.25) is 0 Å². The van der Waals surface area contributed by atoms with Crippen molar-refractivity contribution in [3.63, 3.8) is 0 Å². The topological polar surface area (TPSA) is 113 Å². The Kier molecular flexibility index (Phi) is 7.47. The van der Waals surface area contributed by atoms with E-state index in [0.717, 1.165) is 6.42 Å². The molecule has 0 spiro atoms. The first-order valence-corrected chi connectivity index (χ1v) is 8.67. The average Bonchev–Trinajstić information content (AvgIpc) is 2.63. The number of esters is 2. The van der Waals surface area contributed by atoms with Gasteiger partial charge in [-0.15, -0.1) is 0 Å². The molecule has 1 saturated carbocycles. The minimum Gasteiger partial charge on any atom is -0.504 e. The molecule has 0 bridgehead atoms. The van der Waals surface area contributed by atoms with Crippen LogP contribution in [0.1, 0.15) is 37.7 Å². The van der Waals surface area contributed by atoms with Gasteiger partial charge in [0.1, 0.15) is 6.10 Å². The molecule has 7 heteroatoms. The minimum atomic E-state index is -0.531. The summed E-state index contributed by atoms with van der Waals surface area (Å²) in [5.41, 5.74) is 0.547. The van der Waals surface area contributed by atoms with E-state index < -0.39 is 5.97 Å². The summed E-state index contributed by atoms with van der Waals surface area (Å²) >= 11 is 0. The average molecular weight is 364 g/mol. The lowest BCUT2D eigenvalue weighted by atomic mass is 9.87. The third kappa shape index (κ3) is 6.07. The largest absolute Gasteiger partial charge is 0.504 e. The van der Waals surface area contributed by atoms with E-state index in [9.17, 15) is 19.8 Å². The van der Waals surface area contributed by atoms with E-state index in [2.05, 4.69) is 0 Å². The number of aromatic hydroxyl groups is 2. The monoisotopic (exact) mass is 364 g/mol. The molecule has 0 aliphatic heterocycles. The Morgan fingerprint density at radius 3 is 2.73 bits per heavy atom. The number of phenolic OH excluding ortho intramolecular Hbond substituents is 2. The van der Waals surface area contributed by atoms with Crippen LogP contribution >= 0.6 is 0 Å². The number of phenols is 2. The van der Waals surface area contributed by atoms with Crippen LogP contribution in [0.5, 0.6) is 11.5 Å². The van der Waals surface area contributed by atoms with Gasteiger partial charge in [0.25, 0.3) is 0 Å². The number of benzene rings is 1. The van der Waals surface area contributed by atoms with Gasteiger partial charge in [-0.3, -0.25) is 4.79 Å². The maximum absolute atomic E-state index is 12.0. The van der Waals surface area contributed by atoms with Gasteiger partial charge in [0, 0.05) is 19.1 Å². The summed E-state index contributed by atoms with van der Waals surface area (Å²) in [6, 6.07) is 4.21. The highest BCUT2D eigenvalue weighted by Gasteiger charge is 2.30. The number of hydrogen-bond acceptors (Lipinski definition) is 7. The summed E-state index contributed by atoms with van der Waals surface area (Å²) in [5, 5.41) is 27.4. The van der Waals surface area contributed by atoms with Crippen molar-refractivity contribution in [1.82, 2.24) is 0 Å². The fourth-order valence-corrected chi connectivity index (χ4v) is 2.83. The lowest BCUT2D eigenvalue weighted by Gasteiger charge is -2.27. The SMILES string of the molecule is O=C(/C=C/c1ccc(O)c(O)c1)OC1CCCC(C(=O)OCCCO)C1. The molecule has 3 N–H and O–H groups in total. The van der Waals surface area contributed by atoms with Gasteiger partial charge in [-0.25, -0.2) is 4.79 Å².